The Balaban J connectivity index is 2.96. The summed E-state index contributed by atoms with van der Waals surface area (Å²) in [6, 6.07) is 0. The van der Waals surface area contributed by atoms with Gasteiger partial charge in [-0.25, -0.2) is 4.79 Å². The van der Waals surface area contributed by atoms with Crippen LogP contribution in [-0.2, 0) is 14.1 Å². The Labute approximate surface area is 105 Å². The summed E-state index contributed by atoms with van der Waals surface area (Å²) < 4.78 is 2.65. The lowest BCUT2D eigenvalue weighted by Crippen LogP contribution is -2.40. The van der Waals surface area contributed by atoms with Crippen molar-refractivity contribution in [1.82, 2.24) is 9.13 Å². The molecule has 2 rings (SSSR count). The smallest absolute Gasteiger partial charge is 0.296 e. The topological polar surface area (TPSA) is 44.0 Å². The monoisotopic (exact) mass is 244 g/mol. The van der Waals surface area contributed by atoms with Crippen molar-refractivity contribution in [3.8, 4) is 0 Å². The van der Waals surface area contributed by atoms with Crippen molar-refractivity contribution >= 4 is 11.6 Å². The van der Waals surface area contributed by atoms with Gasteiger partial charge < -0.3 is 0 Å². The van der Waals surface area contributed by atoms with Crippen molar-refractivity contribution in [3.63, 3.8) is 0 Å². The minimum atomic E-state index is -0.304. The molecule has 18 heavy (non-hydrogen) atoms. The number of nitrogens with zero attached hydrogens (tertiary/aromatic N) is 2. The van der Waals surface area contributed by atoms with E-state index in [2.05, 4.69) is 0 Å². The minimum Gasteiger partial charge on any atom is -0.296 e. The van der Waals surface area contributed by atoms with Gasteiger partial charge in [-0.3, -0.25) is 13.9 Å². The van der Waals surface area contributed by atoms with Crippen molar-refractivity contribution in [3.05, 3.63) is 55.9 Å². The molecule has 0 fully saturated rings. The van der Waals surface area contributed by atoms with Gasteiger partial charge in [-0.15, -0.1) is 0 Å². The number of aromatic nitrogens is 2. The Morgan fingerprint density at radius 1 is 1.06 bits per heavy atom. The molecular formula is C14H16N2O2. The van der Waals surface area contributed by atoms with Crippen LogP contribution in [0.3, 0.4) is 0 Å². The molecule has 1 heterocycles. The lowest BCUT2D eigenvalue weighted by atomic mass is 10.0. The number of fused-ring (bicyclic) bond motifs is 1. The summed E-state index contributed by atoms with van der Waals surface area (Å²) in [5.74, 6) is 0. The molecule has 0 aromatic carbocycles. The quantitative estimate of drug-likeness (QED) is 0.693. The molecule has 0 saturated heterocycles. The molecule has 0 saturated carbocycles. The summed E-state index contributed by atoms with van der Waals surface area (Å²) >= 11 is 0. The second-order valence-electron chi connectivity index (χ2n) is 4.57. The molecule has 0 amide bonds. The fraction of sp³-hybridized carbons (Fsp3) is 0.286. The maximum absolute atomic E-state index is 12.1. The first-order valence-electron chi connectivity index (χ1n) is 5.77. The molecule has 0 atom stereocenters. The Hall–Kier alpha value is -2.10. The minimum absolute atomic E-state index is 0.259. The SMILES string of the molecule is CC1=C/C=C\c2c(n(C)c(=O)n(C)c2=O)/C(C)=C\1. The van der Waals surface area contributed by atoms with Crippen LogP contribution in [0.2, 0.25) is 0 Å². The average molecular weight is 244 g/mol. The lowest BCUT2D eigenvalue weighted by molar-refractivity contribution is 0.675. The third kappa shape index (κ3) is 1.79. The second kappa shape index (κ2) is 4.29. The highest BCUT2D eigenvalue weighted by atomic mass is 16.2. The van der Waals surface area contributed by atoms with Gasteiger partial charge >= 0.3 is 5.69 Å². The average Bonchev–Trinajstić information content (AvgIpc) is 2.30. The largest absolute Gasteiger partial charge is 0.330 e. The van der Waals surface area contributed by atoms with Crippen LogP contribution in [0.1, 0.15) is 25.1 Å². The van der Waals surface area contributed by atoms with E-state index in [4.69, 9.17) is 0 Å². The van der Waals surface area contributed by atoms with E-state index in [0.717, 1.165) is 15.7 Å². The van der Waals surface area contributed by atoms with Crippen molar-refractivity contribution in [1.29, 1.82) is 0 Å². The van der Waals surface area contributed by atoms with Gasteiger partial charge in [0, 0.05) is 14.1 Å². The highest BCUT2D eigenvalue weighted by Gasteiger charge is 2.15. The zero-order valence-corrected chi connectivity index (χ0v) is 11.0. The summed E-state index contributed by atoms with van der Waals surface area (Å²) in [4.78, 5) is 24.1. The summed E-state index contributed by atoms with van der Waals surface area (Å²) in [6.45, 7) is 3.90. The van der Waals surface area contributed by atoms with Crippen LogP contribution >= 0.6 is 0 Å². The van der Waals surface area contributed by atoms with E-state index < -0.39 is 0 Å². The third-order valence-electron chi connectivity index (χ3n) is 3.14. The van der Waals surface area contributed by atoms with Crippen LogP contribution < -0.4 is 11.2 Å². The van der Waals surface area contributed by atoms with E-state index in [9.17, 15) is 9.59 Å². The molecular weight excluding hydrogens is 228 g/mol. The fourth-order valence-corrected chi connectivity index (χ4v) is 2.25. The van der Waals surface area contributed by atoms with Crippen molar-refractivity contribution in [2.45, 2.75) is 13.8 Å². The van der Waals surface area contributed by atoms with Gasteiger partial charge in [-0.05, 0) is 25.5 Å². The normalized spacial score (nSPS) is 22.0. The molecule has 1 aliphatic rings. The third-order valence-corrected chi connectivity index (χ3v) is 3.14. The Kier molecular flexibility index (Phi) is 2.95. The Morgan fingerprint density at radius 3 is 2.39 bits per heavy atom. The Morgan fingerprint density at radius 2 is 1.72 bits per heavy atom. The van der Waals surface area contributed by atoms with Gasteiger partial charge in [0.25, 0.3) is 5.56 Å². The number of allylic oxidation sites excluding steroid dienone is 5. The molecule has 0 bridgehead atoms. The van der Waals surface area contributed by atoms with Gasteiger partial charge in [-0.1, -0.05) is 23.8 Å². The lowest BCUT2D eigenvalue weighted by Gasteiger charge is -2.15. The molecule has 0 aliphatic heterocycles. The molecule has 4 nitrogen and oxygen atoms in total. The van der Waals surface area contributed by atoms with Crippen LogP contribution in [0.5, 0.6) is 0 Å². The number of hydrogen-bond acceptors (Lipinski definition) is 2. The zero-order chi connectivity index (χ0) is 13.4. The first-order valence-corrected chi connectivity index (χ1v) is 5.77. The van der Waals surface area contributed by atoms with E-state index in [0.29, 0.717) is 11.3 Å². The van der Waals surface area contributed by atoms with Crippen molar-refractivity contribution < 1.29 is 0 Å². The van der Waals surface area contributed by atoms with Crippen LogP contribution in [-0.4, -0.2) is 9.13 Å². The van der Waals surface area contributed by atoms with E-state index in [-0.39, 0.29) is 11.2 Å². The number of hydrogen-bond donors (Lipinski definition) is 0. The summed E-state index contributed by atoms with van der Waals surface area (Å²) in [7, 11) is 3.18. The van der Waals surface area contributed by atoms with Gasteiger partial charge in [0.1, 0.15) is 0 Å². The van der Waals surface area contributed by atoms with Crippen LogP contribution in [0.4, 0.5) is 0 Å². The Bertz CT molecular complexity index is 713. The van der Waals surface area contributed by atoms with E-state index >= 15 is 0 Å². The fourth-order valence-electron chi connectivity index (χ4n) is 2.25. The summed E-state index contributed by atoms with van der Waals surface area (Å²) in [5, 5.41) is 0. The van der Waals surface area contributed by atoms with Crippen LogP contribution in [0, 0.1) is 0 Å². The van der Waals surface area contributed by atoms with Crippen molar-refractivity contribution in [2.24, 2.45) is 14.1 Å². The maximum Gasteiger partial charge on any atom is 0.330 e. The van der Waals surface area contributed by atoms with E-state index in [1.54, 1.807) is 13.1 Å². The van der Waals surface area contributed by atoms with Gasteiger partial charge in [-0.2, -0.15) is 0 Å². The molecule has 1 aromatic rings. The summed E-state index contributed by atoms with van der Waals surface area (Å²) in [6.07, 6.45) is 7.51. The summed E-state index contributed by atoms with van der Waals surface area (Å²) in [5.41, 5.74) is 2.68. The van der Waals surface area contributed by atoms with E-state index in [1.165, 1.54) is 11.6 Å². The molecule has 0 unspecified atom stereocenters. The van der Waals surface area contributed by atoms with Crippen LogP contribution in [0.25, 0.3) is 11.6 Å². The second-order valence-corrected chi connectivity index (χ2v) is 4.57. The van der Waals surface area contributed by atoms with Crippen LogP contribution in [0.15, 0.2) is 33.4 Å². The van der Waals surface area contributed by atoms with Gasteiger partial charge in [0.15, 0.2) is 0 Å². The molecule has 0 radical (unpaired) electrons. The van der Waals surface area contributed by atoms with Gasteiger partial charge in [0.2, 0.25) is 0 Å². The first-order chi connectivity index (χ1) is 8.43. The standard InChI is InChI=1S/C14H16N2O2/c1-9-6-5-7-11-12(10(2)8-9)15(3)14(18)16(4)13(11)17/h5-8H,1-4H3/b6-5?,7-5-,9-6-,9-8?,10-8-,11-7?,12-10?. The molecule has 1 aliphatic carbocycles. The highest BCUT2D eigenvalue weighted by Crippen LogP contribution is 2.19. The molecule has 0 spiro atoms. The molecule has 94 valence electrons. The number of rotatable bonds is 0. The van der Waals surface area contributed by atoms with Crippen molar-refractivity contribution in [2.75, 3.05) is 0 Å². The maximum atomic E-state index is 12.1. The first kappa shape index (κ1) is 12.4. The molecule has 4 heteroatoms. The predicted octanol–water partition coefficient (Wildman–Crippen LogP) is 1.46. The predicted molar refractivity (Wildman–Crippen MR) is 73.4 cm³/mol. The molecule has 0 N–H and O–H groups in total. The molecule has 1 aromatic heterocycles. The highest BCUT2D eigenvalue weighted by molar-refractivity contribution is 5.73. The van der Waals surface area contributed by atoms with Gasteiger partial charge in [0.05, 0.1) is 11.3 Å². The zero-order valence-electron chi connectivity index (χ0n) is 11.0. The van der Waals surface area contributed by atoms with E-state index in [1.807, 2.05) is 32.1 Å².